The summed E-state index contributed by atoms with van der Waals surface area (Å²) in [5.41, 5.74) is 4.40. The Hall–Kier alpha value is -2.50. The highest BCUT2D eigenvalue weighted by atomic mass is 32.1. The predicted octanol–water partition coefficient (Wildman–Crippen LogP) is 5.83. The molecule has 1 aromatic carbocycles. The fourth-order valence-corrected chi connectivity index (χ4v) is 5.31. The van der Waals surface area contributed by atoms with Crippen LogP contribution in [0.4, 0.5) is 5.00 Å². The molecule has 2 aromatic heterocycles. The largest absolute Gasteiger partial charge is 0.313 e. The molecule has 1 aliphatic heterocycles. The number of thiophene rings is 1. The summed E-state index contributed by atoms with van der Waals surface area (Å²) >= 11 is 1.68. The van der Waals surface area contributed by atoms with Gasteiger partial charge in [0.05, 0.1) is 6.04 Å². The molecule has 1 N–H and O–H groups in total. The molecule has 1 fully saturated rings. The third-order valence-corrected chi connectivity index (χ3v) is 7.31. The number of hydrogen-bond donors (Lipinski definition) is 1. The number of likely N-dealkylation sites (tertiary alicyclic amines) is 1. The number of aryl methyl sites for hydroxylation is 1. The Labute approximate surface area is 183 Å². The standard InChI is InChI=1S/C25H29N3OS/c1-17-11-15-28(16-12-17)23(20-9-13-26-14-10-20)22-18(2)19(3)30-25(22)27-24(29)21-7-5-4-6-8-21/h4-10,13-14,17,23H,11-12,15-16H2,1-3H3,(H,27,29)/t23-/m1/s1. The second-order valence-corrected chi connectivity index (χ2v) is 9.47. The maximum Gasteiger partial charge on any atom is 0.256 e. The number of anilines is 1. The van der Waals surface area contributed by atoms with Gasteiger partial charge in [-0.25, -0.2) is 0 Å². The fraction of sp³-hybridized carbons (Fsp3) is 0.360. The number of rotatable bonds is 5. The van der Waals surface area contributed by atoms with E-state index < -0.39 is 0 Å². The molecule has 0 radical (unpaired) electrons. The number of piperidine rings is 1. The van der Waals surface area contributed by atoms with E-state index in [0.717, 1.165) is 24.0 Å². The molecule has 3 aromatic rings. The molecule has 1 aliphatic rings. The Bertz CT molecular complexity index is 992. The van der Waals surface area contributed by atoms with Gasteiger partial charge in [0.15, 0.2) is 0 Å². The van der Waals surface area contributed by atoms with Gasteiger partial charge in [-0.05, 0) is 81.1 Å². The molecule has 0 unspecified atom stereocenters. The zero-order chi connectivity index (χ0) is 21.1. The van der Waals surface area contributed by atoms with Crippen molar-refractivity contribution >= 4 is 22.2 Å². The van der Waals surface area contributed by atoms with Gasteiger partial charge in [-0.15, -0.1) is 11.3 Å². The first-order valence-corrected chi connectivity index (χ1v) is 11.5. The summed E-state index contributed by atoms with van der Waals surface area (Å²) in [6, 6.07) is 13.8. The smallest absolute Gasteiger partial charge is 0.256 e. The summed E-state index contributed by atoms with van der Waals surface area (Å²) in [5.74, 6) is 0.709. The lowest BCUT2D eigenvalue weighted by atomic mass is 9.91. The first kappa shape index (κ1) is 20.8. The number of nitrogens with zero attached hydrogens (tertiary/aromatic N) is 2. The highest BCUT2D eigenvalue weighted by Gasteiger charge is 2.31. The number of carbonyl (C=O) groups excluding carboxylic acids is 1. The van der Waals surface area contributed by atoms with Crippen molar-refractivity contribution < 1.29 is 4.79 Å². The van der Waals surface area contributed by atoms with E-state index in [1.807, 2.05) is 42.7 Å². The van der Waals surface area contributed by atoms with Crippen LogP contribution in [-0.2, 0) is 0 Å². The van der Waals surface area contributed by atoms with Gasteiger partial charge >= 0.3 is 0 Å². The summed E-state index contributed by atoms with van der Waals surface area (Å²) in [6.45, 7) is 8.79. The normalized spacial score (nSPS) is 16.4. The summed E-state index contributed by atoms with van der Waals surface area (Å²) in [5, 5.41) is 4.18. The second kappa shape index (κ2) is 9.11. The summed E-state index contributed by atoms with van der Waals surface area (Å²) in [7, 11) is 0. The Morgan fingerprint density at radius 1 is 1.10 bits per heavy atom. The molecule has 1 saturated heterocycles. The minimum Gasteiger partial charge on any atom is -0.313 e. The highest BCUT2D eigenvalue weighted by Crippen LogP contribution is 2.43. The minimum absolute atomic E-state index is 0.0566. The average Bonchev–Trinajstić information content (AvgIpc) is 3.04. The number of aromatic nitrogens is 1. The van der Waals surface area contributed by atoms with Crippen LogP contribution in [0.3, 0.4) is 0 Å². The predicted molar refractivity (Wildman–Crippen MR) is 124 cm³/mol. The van der Waals surface area contributed by atoms with Crippen LogP contribution in [-0.4, -0.2) is 28.9 Å². The highest BCUT2D eigenvalue weighted by molar-refractivity contribution is 7.16. The van der Waals surface area contributed by atoms with Crippen LogP contribution in [0.1, 0.15) is 57.7 Å². The Morgan fingerprint density at radius 3 is 2.43 bits per heavy atom. The van der Waals surface area contributed by atoms with E-state index in [9.17, 15) is 4.79 Å². The van der Waals surface area contributed by atoms with Crippen LogP contribution in [0.15, 0.2) is 54.9 Å². The van der Waals surface area contributed by atoms with Gasteiger partial charge in [0, 0.05) is 28.4 Å². The molecule has 4 nitrogen and oxygen atoms in total. The van der Waals surface area contributed by atoms with E-state index in [-0.39, 0.29) is 11.9 Å². The van der Waals surface area contributed by atoms with Gasteiger partial charge < -0.3 is 5.32 Å². The van der Waals surface area contributed by atoms with Gasteiger partial charge in [0.2, 0.25) is 0 Å². The Balaban J connectivity index is 1.74. The zero-order valence-electron chi connectivity index (χ0n) is 17.9. The van der Waals surface area contributed by atoms with Crippen LogP contribution < -0.4 is 5.32 Å². The van der Waals surface area contributed by atoms with Crippen LogP contribution in [0.5, 0.6) is 0 Å². The number of benzene rings is 1. The molecule has 156 valence electrons. The SMILES string of the molecule is Cc1sc(NC(=O)c2ccccc2)c([C@@H](c2ccncc2)N2CCC(C)CC2)c1C. The maximum absolute atomic E-state index is 12.9. The second-order valence-electron chi connectivity index (χ2n) is 8.25. The van der Waals surface area contributed by atoms with Crippen molar-refractivity contribution in [2.45, 2.75) is 39.7 Å². The number of carbonyl (C=O) groups is 1. The topological polar surface area (TPSA) is 45.2 Å². The molecular formula is C25H29N3OS. The van der Waals surface area contributed by atoms with E-state index in [1.54, 1.807) is 11.3 Å². The number of amides is 1. The first-order valence-electron chi connectivity index (χ1n) is 10.6. The molecule has 0 saturated carbocycles. The lowest BCUT2D eigenvalue weighted by molar-refractivity contribution is 0.102. The van der Waals surface area contributed by atoms with Gasteiger partial charge in [0.25, 0.3) is 5.91 Å². The third kappa shape index (κ3) is 4.32. The Kier molecular flexibility index (Phi) is 6.30. The van der Waals surface area contributed by atoms with Crippen molar-refractivity contribution in [3.05, 3.63) is 82.0 Å². The van der Waals surface area contributed by atoms with Gasteiger partial charge in [-0.1, -0.05) is 25.1 Å². The average molecular weight is 420 g/mol. The van der Waals surface area contributed by atoms with Crippen molar-refractivity contribution in [3.63, 3.8) is 0 Å². The number of nitrogens with one attached hydrogen (secondary N) is 1. The molecule has 3 heterocycles. The summed E-state index contributed by atoms with van der Waals surface area (Å²) in [6.07, 6.45) is 6.14. The van der Waals surface area contributed by atoms with Gasteiger partial charge in [-0.2, -0.15) is 0 Å². The van der Waals surface area contributed by atoms with Crippen LogP contribution in [0, 0.1) is 19.8 Å². The molecule has 1 atom stereocenters. The van der Waals surface area contributed by atoms with E-state index in [4.69, 9.17) is 0 Å². The van der Waals surface area contributed by atoms with Crippen molar-refractivity contribution in [3.8, 4) is 0 Å². The molecular weight excluding hydrogens is 390 g/mol. The van der Waals surface area contributed by atoms with Crippen molar-refractivity contribution in [2.75, 3.05) is 18.4 Å². The monoisotopic (exact) mass is 419 g/mol. The van der Waals surface area contributed by atoms with Crippen LogP contribution in [0.25, 0.3) is 0 Å². The van der Waals surface area contributed by atoms with E-state index in [1.165, 1.54) is 34.4 Å². The minimum atomic E-state index is -0.0566. The quantitative estimate of drug-likeness (QED) is 0.566. The lowest BCUT2D eigenvalue weighted by Crippen LogP contribution is -2.37. The summed E-state index contributed by atoms with van der Waals surface area (Å²) < 4.78 is 0. The molecule has 4 rings (SSSR count). The third-order valence-electron chi connectivity index (χ3n) is 6.17. The fourth-order valence-electron chi connectivity index (χ4n) is 4.22. The summed E-state index contributed by atoms with van der Waals surface area (Å²) in [4.78, 5) is 21.0. The van der Waals surface area contributed by atoms with E-state index in [2.05, 4.69) is 48.1 Å². The molecule has 30 heavy (non-hydrogen) atoms. The van der Waals surface area contributed by atoms with Crippen molar-refractivity contribution in [1.82, 2.24) is 9.88 Å². The molecule has 5 heteroatoms. The molecule has 0 spiro atoms. The van der Waals surface area contributed by atoms with Gasteiger partial charge in [-0.3, -0.25) is 14.7 Å². The van der Waals surface area contributed by atoms with Crippen molar-refractivity contribution in [2.24, 2.45) is 5.92 Å². The van der Waals surface area contributed by atoms with Gasteiger partial charge in [0.1, 0.15) is 5.00 Å². The maximum atomic E-state index is 12.9. The van der Waals surface area contributed by atoms with E-state index in [0.29, 0.717) is 5.56 Å². The number of pyridine rings is 1. The Morgan fingerprint density at radius 2 is 1.77 bits per heavy atom. The number of hydrogen-bond acceptors (Lipinski definition) is 4. The molecule has 0 aliphatic carbocycles. The first-order chi connectivity index (χ1) is 14.5. The lowest BCUT2D eigenvalue weighted by Gasteiger charge is -2.37. The van der Waals surface area contributed by atoms with Crippen LogP contribution >= 0.6 is 11.3 Å². The zero-order valence-corrected chi connectivity index (χ0v) is 18.7. The van der Waals surface area contributed by atoms with Crippen molar-refractivity contribution in [1.29, 1.82) is 0 Å². The molecule has 0 bridgehead atoms. The molecule has 1 amide bonds. The van der Waals surface area contributed by atoms with Crippen LogP contribution in [0.2, 0.25) is 0 Å². The van der Waals surface area contributed by atoms with E-state index >= 15 is 0 Å².